The number of nitriles is 1. The Morgan fingerprint density at radius 1 is 0.880 bits per heavy atom. The van der Waals surface area contributed by atoms with Crippen LogP contribution in [0, 0.1) is 21.4 Å². The smallest absolute Gasteiger partial charge is 0.258 e. The molecule has 0 amide bonds. The van der Waals surface area contributed by atoms with Gasteiger partial charge in [0.1, 0.15) is 10.4 Å². The van der Waals surface area contributed by atoms with E-state index in [1.807, 2.05) is 60.7 Å². The highest BCUT2D eigenvalue weighted by Crippen LogP contribution is 2.41. The van der Waals surface area contributed by atoms with Crippen molar-refractivity contribution in [1.82, 2.24) is 0 Å². The number of nitro benzene ring substituents is 1. The monoisotopic (exact) mass is 348 g/mol. The minimum Gasteiger partial charge on any atom is -0.258 e. The Hall–Kier alpha value is -3.16. The maximum Gasteiger partial charge on any atom is 0.288 e. The fourth-order valence-electron chi connectivity index (χ4n) is 2.96. The van der Waals surface area contributed by atoms with Crippen LogP contribution in [0.2, 0.25) is 5.02 Å². The summed E-state index contributed by atoms with van der Waals surface area (Å²) in [6, 6.07) is 25.4. The molecule has 4 nitrogen and oxygen atoms in total. The standard InChI is InChI=1S/C20H13ClN2O2/c21-18-12-11-17(13-19(18)23(24)25)20(14-22,15-7-3-1-4-8-15)16-9-5-2-6-10-16/h1-13H. The summed E-state index contributed by atoms with van der Waals surface area (Å²) in [6.45, 7) is 0. The second-order valence-corrected chi connectivity index (χ2v) is 5.92. The van der Waals surface area contributed by atoms with Gasteiger partial charge in [-0.25, -0.2) is 0 Å². The molecule has 3 rings (SSSR count). The molecule has 0 saturated carbocycles. The molecule has 3 aromatic rings. The van der Waals surface area contributed by atoms with Crippen LogP contribution in [0.3, 0.4) is 0 Å². The van der Waals surface area contributed by atoms with Crippen LogP contribution in [0.5, 0.6) is 0 Å². The molecule has 0 aliphatic carbocycles. The number of hydrogen-bond acceptors (Lipinski definition) is 3. The first-order valence-electron chi connectivity index (χ1n) is 7.56. The Bertz CT molecular complexity index is 911. The minimum absolute atomic E-state index is 0.0433. The van der Waals surface area contributed by atoms with Gasteiger partial charge < -0.3 is 0 Å². The molecule has 0 fully saturated rings. The van der Waals surface area contributed by atoms with Crippen LogP contribution in [0.1, 0.15) is 16.7 Å². The van der Waals surface area contributed by atoms with Crippen molar-refractivity contribution >= 4 is 17.3 Å². The number of halogens is 1. The Balaban J connectivity index is 2.35. The summed E-state index contributed by atoms with van der Waals surface area (Å²) in [5, 5.41) is 21.5. The molecule has 0 aliphatic heterocycles. The quantitative estimate of drug-likeness (QED) is 0.374. The number of nitro groups is 1. The van der Waals surface area contributed by atoms with Crippen molar-refractivity contribution in [1.29, 1.82) is 5.26 Å². The normalized spacial score (nSPS) is 10.9. The summed E-state index contributed by atoms with van der Waals surface area (Å²) in [5.74, 6) is 0. The average Bonchev–Trinajstić information content (AvgIpc) is 2.65. The fourth-order valence-corrected chi connectivity index (χ4v) is 3.14. The zero-order chi connectivity index (χ0) is 17.9. The molecule has 0 atom stereocenters. The number of hydrogen-bond donors (Lipinski definition) is 0. The summed E-state index contributed by atoms with van der Waals surface area (Å²) in [5.41, 5.74) is 0.590. The van der Waals surface area contributed by atoms with Gasteiger partial charge in [-0.3, -0.25) is 10.1 Å². The van der Waals surface area contributed by atoms with E-state index in [9.17, 15) is 15.4 Å². The average molecular weight is 349 g/mol. The molecule has 0 radical (unpaired) electrons. The van der Waals surface area contributed by atoms with Gasteiger partial charge in [0.15, 0.2) is 0 Å². The summed E-state index contributed by atoms with van der Waals surface area (Å²) in [6.07, 6.45) is 0. The van der Waals surface area contributed by atoms with Crippen LogP contribution in [0.15, 0.2) is 78.9 Å². The molecule has 25 heavy (non-hydrogen) atoms. The van der Waals surface area contributed by atoms with Crippen LogP contribution in [-0.4, -0.2) is 4.92 Å². The maximum atomic E-state index is 11.3. The lowest BCUT2D eigenvalue weighted by Gasteiger charge is -2.28. The SMILES string of the molecule is N#CC(c1ccccc1)(c1ccccc1)c1ccc(Cl)c([N+](=O)[O-])c1. The molecular weight excluding hydrogens is 336 g/mol. The zero-order valence-electron chi connectivity index (χ0n) is 13.1. The highest BCUT2D eigenvalue weighted by molar-refractivity contribution is 6.32. The van der Waals surface area contributed by atoms with E-state index < -0.39 is 10.3 Å². The topological polar surface area (TPSA) is 66.9 Å². The van der Waals surface area contributed by atoms with Crippen LogP contribution in [0.25, 0.3) is 0 Å². The van der Waals surface area contributed by atoms with E-state index in [0.29, 0.717) is 5.56 Å². The molecule has 0 N–H and O–H groups in total. The van der Waals surface area contributed by atoms with Crippen LogP contribution in [0.4, 0.5) is 5.69 Å². The van der Waals surface area contributed by atoms with Gasteiger partial charge in [-0.15, -0.1) is 0 Å². The fraction of sp³-hybridized carbons (Fsp3) is 0.0500. The Morgan fingerprint density at radius 3 is 1.84 bits per heavy atom. The van der Waals surface area contributed by atoms with Crippen molar-refractivity contribution in [3.8, 4) is 6.07 Å². The van der Waals surface area contributed by atoms with Gasteiger partial charge in [-0.1, -0.05) is 78.3 Å². The third kappa shape index (κ3) is 2.86. The van der Waals surface area contributed by atoms with Gasteiger partial charge in [0, 0.05) is 6.07 Å². The lowest BCUT2D eigenvalue weighted by molar-refractivity contribution is -0.384. The van der Waals surface area contributed by atoms with Crippen LogP contribution < -0.4 is 0 Å². The molecule has 0 saturated heterocycles. The Labute approximate surface area is 150 Å². The maximum absolute atomic E-state index is 11.3. The molecular formula is C20H13ClN2O2. The van der Waals surface area contributed by atoms with E-state index in [-0.39, 0.29) is 10.7 Å². The van der Waals surface area contributed by atoms with Gasteiger partial charge in [0.2, 0.25) is 0 Å². The van der Waals surface area contributed by atoms with Crippen LogP contribution >= 0.6 is 11.6 Å². The lowest BCUT2D eigenvalue weighted by Crippen LogP contribution is -2.27. The molecule has 0 aromatic heterocycles. The summed E-state index contributed by atoms with van der Waals surface area (Å²) >= 11 is 5.95. The third-order valence-electron chi connectivity index (χ3n) is 4.16. The molecule has 0 heterocycles. The van der Waals surface area contributed by atoms with E-state index in [1.165, 1.54) is 12.1 Å². The Morgan fingerprint density at radius 2 is 1.40 bits per heavy atom. The molecule has 0 bridgehead atoms. The van der Waals surface area contributed by atoms with Gasteiger partial charge in [-0.05, 0) is 22.8 Å². The molecule has 5 heteroatoms. The largest absolute Gasteiger partial charge is 0.288 e. The van der Waals surface area contributed by atoms with Crippen molar-refractivity contribution in [2.24, 2.45) is 0 Å². The van der Waals surface area contributed by atoms with Gasteiger partial charge in [0.25, 0.3) is 5.69 Å². The molecule has 0 aliphatic rings. The number of nitrogens with zero attached hydrogens (tertiary/aromatic N) is 2. The first-order valence-corrected chi connectivity index (χ1v) is 7.94. The van der Waals surface area contributed by atoms with Crippen molar-refractivity contribution in [2.45, 2.75) is 5.41 Å². The second-order valence-electron chi connectivity index (χ2n) is 5.52. The minimum atomic E-state index is -1.17. The molecule has 3 aromatic carbocycles. The van der Waals surface area contributed by atoms with Crippen molar-refractivity contribution in [2.75, 3.05) is 0 Å². The third-order valence-corrected chi connectivity index (χ3v) is 4.48. The van der Waals surface area contributed by atoms with E-state index in [2.05, 4.69) is 6.07 Å². The van der Waals surface area contributed by atoms with E-state index >= 15 is 0 Å². The summed E-state index contributed by atoms with van der Waals surface area (Å²) in [7, 11) is 0. The van der Waals surface area contributed by atoms with E-state index in [4.69, 9.17) is 11.6 Å². The molecule has 0 unspecified atom stereocenters. The predicted octanol–water partition coefficient (Wildman–Crippen LogP) is 5.11. The predicted molar refractivity (Wildman–Crippen MR) is 96.5 cm³/mol. The first-order chi connectivity index (χ1) is 12.1. The van der Waals surface area contributed by atoms with E-state index in [1.54, 1.807) is 6.07 Å². The first kappa shape index (κ1) is 16.7. The number of benzene rings is 3. The lowest BCUT2D eigenvalue weighted by atomic mass is 9.70. The summed E-state index contributed by atoms with van der Waals surface area (Å²) in [4.78, 5) is 10.8. The number of rotatable bonds is 4. The van der Waals surface area contributed by atoms with Crippen molar-refractivity contribution in [3.63, 3.8) is 0 Å². The van der Waals surface area contributed by atoms with Gasteiger partial charge >= 0.3 is 0 Å². The molecule has 122 valence electrons. The van der Waals surface area contributed by atoms with Gasteiger partial charge in [0.05, 0.1) is 11.0 Å². The summed E-state index contributed by atoms with van der Waals surface area (Å²) < 4.78 is 0. The van der Waals surface area contributed by atoms with Crippen LogP contribution in [-0.2, 0) is 5.41 Å². The second kappa shape index (κ2) is 6.76. The highest BCUT2D eigenvalue weighted by Gasteiger charge is 2.37. The Kier molecular flexibility index (Phi) is 4.51. The van der Waals surface area contributed by atoms with E-state index in [0.717, 1.165) is 11.1 Å². The van der Waals surface area contributed by atoms with Crippen molar-refractivity contribution < 1.29 is 4.92 Å². The van der Waals surface area contributed by atoms with Gasteiger partial charge in [-0.2, -0.15) is 5.26 Å². The molecule has 0 spiro atoms. The van der Waals surface area contributed by atoms with Crippen molar-refractivity contribution in [3.05, 3.63) is 111 Å². The zero-order valence-corrected chi connectivity index (χ0v) is 13.9. The highest BCUT2D eigenvalue weighted by atomic mass is 35.5.